The summed E-state index contributed by atoms with van der Waals surface area (Å²) in [4.78, 5) is 11.6. The third-order valence-electron chi connectivity index (χ3n) is 2.93. The molecule has 0 aliphatic heterocycles. The number of esters is 1. The van der Waals surface area contributed by atoms with E-state index in [4.69, 9.17) is 10.5 Å². The van der Waals surface area contributed by atoms with Gasteiger partial charge in [0.05, 0.1) is 7.11 Å². The quantitative estimate of drug-likeness (QED) is 0.671. The van der Waals surface area contributed by atoms with Gasteiger partial charge in [0.25, 0.3) is 0 Å². The normalized spacial score (nSPS) is 27.4. The fraction of sp³-hybridized carbons (Fsp3) is 0.700. The molecule has 0 radical (unpaired) electrons. The molecule has 1 saturated carbocycles. The number of aromatic nitrogens is 2. The van der Waals surface area contributed by atoms with Crippen molar-refractivity contribution in [3.8, 4) is 0 Å². The molecule has 2 atom stereocenters. The van der Waals surface area contributed by atoms with Crippen LogP contribution < -0.4 is 5.73 Å². The second-order valence-corrected chi connectivity index (χ2v) is 7.75. The Morgan fingerprint density at radius 2 is 2.28 bits per heavy atom. The van der Waals surface area contributed by atoms with Gasteiger partial charge in [-0.05, 0) is 25.5 Å². The Bertz CT molecular complexity index is 440. The van der Waals surface area contributed by atoms with Gasteiger partial charge in [-0.25, -0.2) is 0 Å². The Morgan fingerprint density at radius 3 is 2.89 bits per heavy atom. The van der Waals surface area contributed by atoms with Crippen LogP contribution in [-0.2, 0) is 9.53 Å². The Hall–Kier alpha value is -0.310. The molecule has 0 aromatic carbocycles. The molecular formula is C10H15N3O2S3. The monoisotopic (exact) mass is 305 g/mol. The minimum atomic E-state index is -0.820. The van der Waals surface area contributed by atoms with Gasteiger partial charge in [-0.1, -0.05) is 34.9 Å². The molecule has 1 aromatic heterocycles. The van der Waals surface area contributed by atoms with Gasteiger partial charge in [0.15, 0.2) is 8.68 Å². The van der Waals surface area contributed by atoms with Crippen molar-refractivity contribution in [2.75, 3.05) is 13.4 Å². The molecule has 18 heavy (non-hydrogen) atoms. The zero-order chi connectivity index (χ0) is 13.2. The lowest BCUT2D eigenvalue weighted by Crippen LogP contribution is -2.46. The van der Waals surface area contributed by atoms with Gasteiger partial charge in [0, 0.05) is 5.25 Å². The second kappa shape index (κ2) is 5.77. The van der Waals surface area contributed by atoms with E-state index in [1.165, 1.54) is 7.11 Å². The van der Waals surface area contributed by atoms with E-state index in [2.05, 4.69) is 10.2 Å². The number of nitrogens with zero attached hydrogens (tertiary/aromatic N) is 2. The van der Waals surface area contributed by atoms with Crippen molar-refractivity contribution in [1.82, 2.24) is 10.2 Å². The highest BCUT2D eigenvalue weighted by atomic mass is 32.2. The predicted molar refractivity (Wildman–Crippen MR) is 74.1 cm³/mol. The van der Waals surface area contributed by atoms with E-state index in [0.29, 0.717) is 18.1 Å². The van der Waals surface area contributed by atoms with Crippen molar-refractivity contribution in [3.05, 3.63) is 0 Å². The number of methoxy groups -OCH3 is 1. The summed E-state index contributed by atoms with van der Waals surface area (Å²) in [7, 11) is 1.38. The predicted octanol–water partition coefficient (Wildman–Crippen LogP) is 1.78. The molecule has 0 saturated heterocycles. The van der Waals surface area contributed by atoms with E-state index in [0.717, 1.165) is 15.1 Å². The van der Waals surface area contributed by atoms with Gasteiger partial charge in [-0.15, -0.1) is 10.2 Å². The Balaban J connectivity index is 1.95. The first kappa shape index (κ1) is 14.1. The molecule has 2 rings (SSSR count). The maximum absolute atomic E-state index is 11.6. The van der Waals surface area contributed by atoms with Crippen molar-refractivity contribution >= 4 is 40.8 Å². The molecule has 0 bridgehead atoms. The molecule has 2 unspecified atom stereocenters. The van der Waals surface area contributed by atoms with Crippen LogP contribution in [0, 0.1) is 0 Å². The molecule has 1 heterocycles. The topological polar surface area (TPSA) is 78.1 Å². The van der Waals surface area contributed by atoms with E-state index in [1.54, 1.807) is 34.9 Å². The number of hydrogen-bond donors (Lipinski definition) is 1. The summed E-state index contributed by atoms with van der Waals surface area (Å²) in [6, 6.07) is 0. The number of thioether (sulfide) groups is 2. The Morgan fingerprint density at radius 1 is 1.56 bits per heavy atom. The summed E-state index contributed by atoms with van der Waals surface area (Å²) in [5.74, 6) is -0.312. The first-order chi connectivity index (χ1) is 8.57. The molecule has 5 nitrogen and oxygen atoms in total. The molecule has 0 spiro atoms. The van der Waals surface area contributed by atoms with Gasteiger partial charge in [-0.3, -0.25) is 4.79 Å². The van der Waals surface area contributed by atoms with Gasteiger partial charge in [0.2, 0.25) is 0 Å². The number of ether oxygens (including phenoxy) is 1. The van der Waals surface area contributed by atoms with Crippen LogP contribution in [0.25, 0.3) is 0 Å². The summed E-state index contributed by atoms with van der Waals surface area (Å²) >= 11 is 4.83. The fourth-order valence-corrected chi connectivity index (χ4v) is 4.98. The third-order valence-corrected chi connectivity index (χ3v) is 6.18. The highest BCUT2D eigenvalue weighted by Crippen LogP contribution is 2.41. The molecule has 8 heteroatoms. The lowest BCUT2D eigenvalue weighted by atomic mass is 10.00. The average molecular weight is 305 g/mol. The minimum Gasteiger partial charge on any atom is -0.468 e. The second-order valence-electron chi connectivity index (χ2n) is 4.17. The minimum absolute atomic E-state index is 0.312. The lowest BCUT2D eigenvalue weighted by Gasteiger charge is -2.20. The molecule has 100 valence electrons. The van der Waals surface area contributed by atoms with E-state index in [1.807, 2.05) is 6.26 Å². The Kier molecular flexibility index (Phi) is 4.52. The average Bonchev–Trinajstić information content (AvgIpc) is 2.96. The van der Waals surface area contributed by atoms with Crippen LogP contribution in [0.15, 0.2) is 8.68 Å². The number of carbonyl (C=O) groups is 1. The van der Waals surface area contributed by atoms with Crippen molar-refractivity contribution in [2.45, 2.75) is 38.7 Å². The molecule has 1 aliphatic rings. The summed E-state index contributed by atoms with van der Waals surface area (Å²) in [5.41, 5.74) is 5.24. The van der Waals surface area contributed by atoms with Crippen molar-refractivity contribution in [3.63, 3.8) is 0 Å². The standard InChI is InChI=1S/C10H15N3O2S3/c1-15-7(14)10(11)4-3-6(5-10)17-9-13-12-8(16-2)18-9/h6H,3-5,11H2,1-2H3. The van der Waals surface area contributed by atoms with Crippen molar-refractivity contribution < 1.29 is 9.53 Å². The zero-order valence-corrected chi connectivity index (χ0v) is 12.7. The first-order valence-corrected chi connectivity index (χ1v) is 8.41. The van der Waals surface area contributed by atoms with Crippen LogP contribution >= 0.6 is 34.9 Å². The van der Waals surface area contributed by atoms with Crippen molar-refractivity contribution in [1.29, 1.82) is 0 Å². The number of carbonyl (C=O) groups excluding carboxylic acids is 1. The molecule has 1 aliphatic carbocycles. The summed E-state index contributed by atoms with van der Waals surface area (Å²) < 4.78 is 6.66. The van der Waals surface area contributed by atoms with Gasteiger partial charge < -0.3 is 10.5 Å². The van der Waals surface area contributed by atoms with Crippen LogP contribution in [0.2, 0.25) is 0 Å². The van der Waals surface area contributed by atoms with Gasteiger partial charge in [0.1, 0.15) is 5.54 Å². The maximum Gasteiger partial charge on any atom is 0.325 e. The SMILES string of the molecule is COC(=O)C1(N)CCC(Sc2nnc(SC)s2)C1. The van der Waals surface area contributed by atoms with Crippen LogP contribution in [0.5, 0.6) is 0 Å². The van der Waals surface area contributed by atoms with E-state index < -0.39 is 5.54 Å². The van der Waals surface area contributed by atoms with Crippen LogP contribution in [-0.4, -0.2) is 40.3 Å². The van der Waals surface area contributed by atoms with Gasteiger partial charge in [-0.2, -0.15) is 0 Å². The number of rotatable bonds is 4. The summed E-state index contributed by atoms with van der Waals surface area (Å²) in [5, 5.41) is 8.49. The van der Waals surface area contributed by atoms with Crippen molar-refractivity contribution in [2.24, 2.45) is 5.73 Å². The Labute approximate surface area is 118 Å². The molecule has 0 amide bonds. The van der Waals surface area contributed by atoms with Crippen LogP contribution in [0.1, 0.15) is 19.3 Å². The highest BCUT2D eigenvalue weighted by Gasteiger charge is 2.43. The summed E-state index contributed by atoms with van der Waals surface area (Å²) in [6.07, 6.45) is 4.20. The first-order valence-electron chi connectivity index (χ1n) is 5.49. The lowest BCUT2D eigenvalue weighted by molar-refractivity contribution is -0.146. The molecule has 1 fully saturated rings. The van der Waals surface area contributed by atoms with Crippen LogP contribution in [0.4, 0.5) is 0 Å². The largest absolute Gasteiger partial charge is 0.468 e. The van der Waals surface area contributed by atoms with Crippen LogP contribution in [0.3, 0.4) is 0 Å². The maximum atomic E-state index is 11.6. The number of hydrogen-bond acceptors (Lipinski definition) is 8. The molecule has 1 aromatic rings. The summed E-state index contributed by atoms with van der Waals surface area (Å²) in [6.45, 7) is 0. The zero-order valence-electron chi connectivity index (χ0n) is 10.2. The molecular weight excluding hydrogens is 290 g/mol. The van der Waals surface area contributed by atoms with E-state index in [9.17, 15) is 4.79 Å². The highest BCUT2D eigenvalue weighted by molar-refractivity contribution is 8.03. The smallest absolute Gasteiger partial charge is 0.325 e. The molecule has 2 N–H and O–H groups in total. The van der Waals surface area contributed by atoms with E-state index in [-0.39, 0.29) is 5.97 Å². The van der Waals surface area contributed by atoms with Gasteiger partial charge >= 0.3 is 5.97 Å². The van der Waals surface area contributed by atoms with E-state index >= 15 is 0 Å². The fourth-order valence-electron chi connectivity index (χ4n) is 1.99. The third kappa shape index (κ3) is 2.98. The number of nitrogens with two attached hydrogens (primary N) is 1.